The largest absolute Gasteiger partial charge is 0.494 e. The molecule has 4 heteroatoms. The Labute approximate surface area is 114 Å². The molecule has 0 radical (unpaired) electrons. The average molecular weight is 259 g/mol. The molecule has 1 aromatic carbocycles. The highest BCUT2D eigenvalue weighted by molar-refractivity contribution is 5.28. The smallest absolute Gasteiger partial charge is 0.119 e. The Morgan fingerprint density at radius 1 is 1.26 bits per heavy atom. The molecule has 0 bridgehead atoms. The first-order chi connectivity index (χ1) is 9.19. The number of benzene rings is 1. The maximum atomic E-state index is 5.49. The zero-order valence-electron chi connectivity index (χ0n) is 11.8. The van der Waals surface area contributed by atoms with E-state index in [1.807, 2.05) is 37.7 Å². The SMILES string of the molecule is CCOc1cccc(CNCc2cc(C)nn2C)c1. The number of hydrogen-bond acceptors (Lipinski definition) is 3. The monoisotopic (exact) mass is 259 g/mol. The summed E-state index contributed by atoms with van der Waals surface area (Å²) in [5, 5.41) is 7.76. The van der Waals surface area contributed by atoms with Crippen LogP contribution >= 0.6 is 0 Å². The number of aromatic nitrogens is 2. The van der Waals surface area contributed by atoms with Gasteiger partial charge in [0.25, 0.3) is 0 Å². The van der Waals surface area contributed by atoms with Crippen molar-refractivity contribution in [1.29, 1.82) is 0 Å². The van der Waals surface area contributed by atoms with Crippen LogP contribution in [0.1, 0.15) is 23.9 Å². The normalized spacial score (nSPS) is 10.7. The third-order valence-corrected chi connectivity index (χ3v) is 2.94. The summed E-state index contributed by atoms with van der Waals surface area (Å²) in [4.78, 5) is 0. The highest BCUT2D eigenvalue weighted by atomic mass is 16.5. The van der Waals surface area contributed by atoms with Gasteiger partial charge in [0.1, 0.15) is 5.75 Å². The lowest BCUT2D eigenvalue weighted by atomic mass is 10.2. The van der Waals surface area contributed by atoms with Crippen LogP contribution in [0.4, 0.5) is 0 Å². The van der Waals surface area contributed by atoms with Crippen LogP contribution in [0.2, 0.25) is 0 Å². The van der Waals surface area contributed by atoms with E-state index in [0.717, 1.165) is 24.5 Å². The van der Waals surface area contributed by atoms with Crippen molar-refractivity contribution < 1.29 is 4.74 Å². The Bertz CT molecular complexity index is 534. The van der Waals surface area contributed by atoms with E-state index in [9.17, 15) is 0 Å². The van der Waals surface area contributed by atoms with Crippen LogP contribution in [0.3, 0.4) is 0 Å². The van der Waals surface area contributed by atoms with E-state index in [-0.39, 0.29) is 0 Å². The molecule has 0 saturated carbocycles. The molecular formula is C15H21N3O. The molecule has 1 N–H and O–H groups in total. The second-order valence-electron chi connectivity index (χ2n) is 4.58. The van der Waals surface area contributed by atoms with Crippen LogP contribution < -0.4 is 10.1 Å². The van der Waals surface area contributed by atoms with Crippen molar-refractivity contribution in [1.82, 2.24) is 15.1 Å². The minimum atomic E-state index is 0.700. The molecule has 4 nitrogen and oxygen atoms in total. The Kier molecular flexibility index (Phi) is 4.58. The topological polar surface area (TPSA) is 39.1 Å². The number of nitrogens with one attached hydrogen (secondary N) is 1. The summed E-state index contributed by atoms with van der Waals surface area (Å²) in [6, 6.07) is 10.3. The fraction of sp³-hybridized carbons (Fsp3) is 0.400. The van der Waals surface area contributed by atoms with E-state index in [1.165, 1.54) is 11.3 Å². The predicted molar refractivity (Wildman–Crippen MR) is 76.1 cm³/mol. The molecule has 2 rings (SSSR count). The maximum absolute atomic E-state index is 5.49. The van der Waals surface area contributed by atoms with E-state index in [2.05, 4.69) is 28.6 Å². The fourth-order valence-corrected chi connectivity index (χ4v) is 2.08. The van der Waals surface area contributed by atoms with Crippen LogP contribution in [0.5, 0.6) is 5.75 Å². The van der Waals surface area contributed by atoms with Crippen LogP contribution in [0.25, 0.3) is 0 Å². The Morgan fingerprint density at radius 2 is 2.11 bits per heavy atom. The first kappa shape index (κ1) is 13.6. The fourth-order valence-electron chi connectivity index (χ4n) is 2.08. The highest BCUT2D eigenvalue weighted by Gasteiger charge is 2.02. The summed E-state index contributed by atoms with van der Waals surface area (Å²) in [5.41, 5.74) is 3.47. The first-order valence-electron chi connectivity index (χ1n) is 6.61. The molecular weight excluding hydrogens is 238 g/mol. The van der Waals surface area contributed by atoms with Crippen molar-refractivity contribution in [3.63, 3.8) is 0 Å². The number of hydrogen-bond donors (Lipinski definition) is 1. The molecule has 0 amide bonds. The zero-order chi connectivity index (χ0) is 13.7. The maximum Gasteiger partial charge on any atom is 0.119 e. The van der Waals surface area contributed by atoms with Crippen molar-refractivity contribution in [2.75, 3.05) is 6.61 Å². The second-order valence-corrected chi connectivity index (χ2v) is 4.58. The average Bonchev–Trinajstić information content (AvgIpc) is 2.69. The lowest BCUT2D eigenvalue weighted by molar-refractivity contribution is 0.340. The van der Waals surface area contributed by atoms with Crippen molar-refractivity contribution in [2.45, 2.75) is 26.9 Å². The summed E-state index contributed by atoms with van der Waals surface area (Å²) in [6.45, 7) is 6.34. The van der Waals surface area contributed by atoms with Crippen molar-refractivity contribution in [3.05, 3.63) is 47.3 Å². The summed E-state index contributed by atoms with van der Waals surface area (Å²) >= 11 is 0. The van der Waals surface area contributed by atoms with Gasteiger partial charge in [-0.3, -0.25) is 4.68 Å². The van der Waals surface area contributed by atoms with Gasteiger partial charge in [0, 0.05) is 20.1 Å². The van der Waals surface area contributed by atoms with Crippen LogP contribution in [0.15, 0.2) is 30.3 Å². The third kappa shape index (κ3) is 3.83. The van der Waals surface area contributed by atoms with Gasteiger partial charge in [-0.05, 0) is 37.6 Å². The zero-order valence-corrected chi connectivity index (χ0v) is 11.8. The van der Waals surface area contributed by atoms with E-state index >= 15 is 0 Å². The van der Waals surface area contributed by atoms with Gasteiger partial charge in [-0.1, -0.05) is 12.1 Å². The van der Waals surface area contributed by atoms with Crippen LogP contribution in [0, 0.1) is 6.92 Å². The highest BCUT2D eigenvalue weighted by Crippen LogP contribution is 2.13. The Balaban J connectivity index is 1.88. The molecule has 0 atom stereocenters. The van der Waals surface area contributed by atoms with Gasteiger partial charge < -0.3 is 10.1 Å². The van der Waals surface area contributed by atoms with Crippen LogP contribution in [-0.2, 0) is 20.1 Å². The van der Waals surface area contributed by atoms with Crippen molar-refractivity contribution in [3.8, 4) is 5.75 Å². The summed E-state index contributed by atoms with van der Waals surface area (Å²) < 4.78 is 7.41. The predicted octanol–water partition coefficient (Wildman–Crippen LogP) is 2.42. The van der Waals surface area contributed by atoms with E-state index < -0.39 is 0 Å². The van der Waals surface area contributed by atoms with E-state index in [4.69, 9.17) is 4.74 Å². The minimum absolute atomic E-state index is 0.700. The number of nitrogens with zero attached hydrogens (tertiary/aromatic N) is 2. The van der Waals surface area contributed by atoms with Gasteiger partial charge in [0.05, 0.1) is 18.0 Å². The van der Waals surface area contributed by atoms with Gasteiger partial charge >= 0.3 is 0 Å². The Morgan fingerprint density at radius 3 is 2.79 bits per heavy atom. The van der Waals surface area contributed by atoms with Crippen LogP contribution in [-0.4, -0.2) is 16.4 Å². The summed E-state index contributed by atoms with van der Waals surface area (Å²) in [6.07, 6.45) is 0. The van der Waals surface area contributed by atoms with Gasteiger partial charge in [0.15, 0.2) is 0 Å². The third-order valence-electron chi connectivity index (χ3n) is 2.94. The molecule has 0 aliphatic heterocycles. The standard InChI is InChI=1S/C15H21N3O/c1-4-19-15-7-5-6-13(9-15)10-16-11-14-8-12(2)17-18(14)3/h5-9,16H,4,10-11H2,1-3H3. The lowest BCUT2D eigenvalue weighted by Gasteiger charge is -2.07. The number of rotatable bonds is 6. The number of ether oxygens (including phenoxy) is 1. The molecule has 102 valence electrons. The molecule has 1 heterocycles. The second kappa shape index (κ2) is 6.38. The van der Waals surface area contributed by atoms with Gasteiger partial charge in [-0.15, -0.1) is 0 Å². The first-order valence-corrected chi connectivity index (χ1v) is 6.61. The lowest BCUT2D eigenvalue weighted by Crippen LogP contribution is -2.15. The minimum Gasteiger partial charge on any atom is -0.494 e. The number of aryl methyl sites for hydroxylation is 2. The molecule has 0 unspecified atom stereocenters. The molecule has 0 spiro atoms. The Hall–Kier alpha value is -1.81. The molecule has 0 aliphatic rings. The van der Waals surface area contributed by atoms with Crippen molar-refractivity contribution in [2.24, 2.45) is 7.05 Å². The van der Waals surface area contributed by atoms with Gasteiger partial charge in [-0.25, -0.2) is 0 Å². The van der Waals surface area contributed by atoms with E-state index in [0.29, 0.717) is 6.61 Å². The molecule has 0 fully saturated rings. The quantitative estimate of drug-likeness (QED) is 0.866. The van der Waals surface area contributed by atoms with E-state index in [1.54, 1.807) is 0 Å². The van der Waals surface area contributed by atoms with Crippen molar-refractivity contribution >= 4 is 0 Å². The summed E-state index contributed by atoms with van der Waals surface area (Å²) in [5.74, 6) is 0.929. The molecule has 0 saturated heterocycles. The summed E-state index contributed by atoms with van der Waals surface area (Å²) in [7, 11) is 1.97. The molecule has 0 aliphatic carbocycles. The molecule has 1 aromatic heterocycles. The van der Waals surface area contributed by atoms with Gasteiger partial charge in [-0.2, -0.15) is 5.10 Å². The molecule has 2 aromatic rings. The van der Waals surface area contributed by atoms with Gasteiger partial charge in [0.2, 0.25) is 0 Å². The molecule has 19 heavy (non-hydrogen) atoms.